The molecule has 5 rings (SSSR count). The molecule has 0 atom stereocenters. The molecule has 1 amide bonds. The summed E-state index contributed by atoms with van der Waals surface area (Å²) < 4.78 is 1.45. The maximum absolute atomic E-state index is 13.2. The molecule has 0 bridgehead atoms. The number of aryl methyl sites for hydroxylation is 1. The lowest BCUT2D eigenvalue weighted by Crippen LogP contribution is -2.35. The maximum atomic E-state index is 13.2. The van der Waals surface area contributed by atoms with Gasteiger partial charge >= 0.3 is 0 Å². The van der Waals surface area contributed by atoms with Crippen molar-refractivity contribution in [2.45, 2.75) is 25.9 Å². The summed E-state index contributed by atoms with van der Waals surface area (Å²) in [5.74, 6) is 0.00678. The lowest BCUT2D eigenvalue weighted by atomic mass is 9.91. The van der Waals surface area contributed by atoms with Crippen molar-refractivity contribution >= 4 is 22.8 Å². The van der Waals surface area contributed by atoms with Crippen molar-refractivity contribution in [1.82, 2.24) is 24.8 Å². The molecule has 3 N–H and O–H groups in total. The van der Waals surface area contributed by atoms with E-state index in [9.17, 15) is 9.59 Å². The van der Waals surface area contributed by atoms with E-state index in [0.717, 1.165) is 27.7 Å². The summed E-state index contributed by atoms with van der Waals surface area (Å²) in [6, 6.07) is 26.1. The van der Waals surface area contributed by atoms with E-state index in [-0.39, 0.29) is 29.7 Å². The Morgan fingerprint density at radius 1 is 0.973 bits per heavy atom. The Hall–Kier alpha value is -4.72. The van der Waals surface area contributed by atoms with Crippen LogP contribution in [0.25, 0.3) is 11.0 Å². The van der Waals surface area contributed by atoms with E-state index in [1.807, 2.05) is 54.6 Å². The fourth-order valence-corrected chi connectivity index (χ4v) is 4.38. The third kappa shape index (κ3) is 5.59. The standard InChI is InChI=1S/C29H28N6O2/c1-20-15-31-28(32-17-24(22-8-4-2-5-9-22)23-10-6-3-7-11-23)29(37)35(20)18-27(36)30-16-21-12-13-25-26(14-21)34-19-33-25/h2-15,19,24H,16-18H2,1H3,(H,30,36)(H,31,32)(H,33,34). The number of hydrogen-bond acceptors (Lipinski definition) is 5. The van der Waals surface area contributed by atoms with Gasteiger partial charge in [-0.3, -0.25) is 14.2 Å². The van der Waals surface area contributed by atoms with Gasteiger partial charge in [-0.15, -0.1) is 0 Å². The van der Waals surface area contributed by atoms with Crippen LogP contribution >= 0.6 is 0 Å². The molecule has 8 nitrogen and oxygen atoms in total. The summed E-state index contributed by atoms with van der Waals surface area (Å²) in [6.07, 6.45) is 3.25. The molecular formula is C29H28N6O2. The van der Waals surface area contributed by atoms with Crippen LogP contribution in [0.1, 0.15) is 28.3 Å². The highest BCUT2D eigenvalue weighted by molar-refractivity contribution is 5.77. The molecule has 37 heavy (non-hydrogen) atoms. The molecule has 0 spiro atoms. The van der Waals surface area contributed by atoms with Crippen molar-refractivity contribution < 1.29 is 4.79 Å². The number of benzene rings is 3. The smallest absolute Gasteiger partial charge is 0.293 e. The highest BCUT2D eigenvalue weighted by Gasteiger charge is 2.17. The highest BCUT2D eigenvalue weighted by Crippen LogP contribution is 2.24. The number of fused-ring (bicyclic) bond motifs is 1. The van der Waals surface area contributed by atoms with Gasteiger partial charge in [0.15, 0.2) is 5.82 Å². The zero-order valence-corrected chi connectivity index (χ0v) is 20.5. The second-order valence-corrected chi connectivity index (χ2v) is 8.93. The Labute approximate surface area is 214 Å². The number of hydrogen-bond donors (Lipinski definition) is 3. The average molecular weight is 493 g/mol. The molecule has 5 aromatic rings. The van der Waals surface area contributed by atoms with Gasteiger partial charge in [0, 0.05) is 30.9 Å². The quantitative estimate of drug-likeness (QED) is 0.289. The first kappa shape index (κ1) is 24.0. The van der Waals surface area contributed by atoms with E-state index in [1.165, 1.54) is 4.57 Å². The number of nitrogens with one attached hydrogen (secondary N) is 3. The minimum absolute atomic E-state index is 0.0360. The summed E-state index contributed by atoms with van der Waals surface area (Å²) in [7, 11) is 0. The molecule has 2 aromatic heterocycles. The van der Waals surface area contributed by atoms with Gasteiger partial charge in [-0.2, -0.15) is 0 Å². The van der Waals surface area contributed by atoms with Crippen molar-refractivity contribution in [2.24, 2.45) is 0 Å². The molecule has 0 unspecified atom stereocenters. The van der Waals surface area contributed by atoms with E-state index < -0.39 is 0 Å². The zero-order chi connectivity index (χ0) is 25.6. The van der Waals surface area contributed by atoms with Crippen molar-refractivity contribution in [3.05, 3.63) is 124 Å². The monoisotopic (exact) mass is 492 g/mol. The fraction of sp³-hybridized carbons (Fsp3) is 0.172. The second kappa shape index (κ2) is 10.9. The van der Waals surface area contributed by atoms with Gasteiger partial charge < -0.3 is 15.6 Å². The van der Waals surface area contributed by atoms with Crippen molar-refractivity contribution in [1.29, 1.82) is 0 Å². The van der Waals surface area contributed by atoms with Gasteiger partial charge in [0.05, 0.1) is 17.4 Å². The summed E-state index contributed by atoms with van der Waals surface area (Å²) in [5, 5.41) is 6.14. The van der Waals surface area contributed by atoms with Crippen molar-refractivity contribution in [3.8, 4) is 0 Å². The van der Waals surface area contributed by atoms with Crippen molar-refractivity contribution in [2.75, 3.05) is 11.9 Å². The zero-order valence-electron chi connectivity index (χ0n) is 20.5. The Morgan fingerprint density at radius 2 is 1.68 bits per heavy atom. The van der Waals surface area contributed by atoms with Crippen LogP contribution in [-0.2, 0) is 17.9 Å². The van der Waals surface area contributed by atoms with E-state index in [4.69, 9.17) is 0 Å². The number of carbonyl (C=O) groups is 1. The van der Waals surface area contributed by atoms with Crippen molar-refractivity contribution in [3.63, 3.8) is 0 Å². The number of amides is 1. The first-order valence-electron chi connectivity index (χ1n) is 12.2. The number of anilines is 1. The van der Waals surface area contributed by atoms with Crippen LogP contribution in [0.3, 0.4) is 0 Å². The average Bonchev–Trinajstić information content (AvgIpc) is 3.40. The molecule has 8 heteroatoms. The summed E-state index contributed by atoms with van der Waals surface area (Å²) in [5.41, 5.74) is 5.30. The van der Waals surface area contributed by atoms with Gasteiger partial charge in [0.25, 0.3) is 5.56 Å². The van der Waals surface area contributed by atoms with Crippen LogP contribution in [0, 0.1) is 6.92 Å². The van der Waals surface area contributed by atoms with Crippen LogP contribution in [0.4, 0.5) is 5.82 Å². The van der Waals surface area contributed by atoms with E-state index in [1.54, 1.807) is 19.4 Å². The molecule has 186 valence electrons. The maximum Gasteiger partial charge on any atom is 0.293 e. The Kier molecular flexibility index (Phi) is 7.07. The molecule has 0 saturated carbocycles. The number of aromatic nitrogens is 4. The van der Waals surface area contributed by atoms with E-state index in [2.05, 4.69) is 49.9 Å². The number of H-pyrrole nitrogens is 1. The van der Waals surface area contributed by atoms with Crippen LogP contribution < -0.4 is 16.2 Å². The fourth-order valence-electron chi connectivity index (χ4n) is 4.38. The first-order valence-corrected chi connectivity index (χ1v) is 12.2. The number of nitrogens with zero attached hydrogens (tertiary/aromatic N) is 3. The van der Waals surface area contributed by atoms with E-state index in [0.29, 0.717) is 18.8 Å². The predicted molar refractivity (Wildman–Crippen MR) is 144 cm³/mol. The molecule has 0 aliphatic heterocycles. The lowest BCUT2D eigenvalue weighted by molar-refractivity contribution is -0.121. The molecular weight excluding hydrogens is 464 g/mol. The Morgan fingerprint density at radius 3 is 2.38 bits per heavy atom. The summed E-state index contributed by atoms with van der Waals surface area (Å²) in [6.45, 7) is 2.53. The molecule has 0 fully saturated rings. The van der Waals surface area contributed by atoms with Gasteiger partial charge in [-0.1, -0.05) is 66.7 Å². The van der Waals surface area contributed by atoms with E-state index >= 15 is 0 Å². The highest BCUT2D eigenvalue weighted by atomic mass is 16.2. The Bertz CT molecular complexity index is 1520. The third-order valence-corrected chi connectivity index (χ3v) is 6.41. The number of imidazole rings is 1. The van der Waals surface area contributed by atoms with Crippen LogP contribution in [-0.4, -0.2) is 32.0 Å². The normalized spacial score (nSPS) is 11.1. The van der Waals surface area contributed by atoms with Crippen LogP contribution in [0.2, 0.25) is 0 Å². The first-order chi connectivity index (χ1) is 18.1. The molecule has 0 aliphatic rings. The Balaban J connectivity index is 1.28. The summed E-state index contributed by atoms with van der Waals surface area (Å²) in [4.78, 5) is 37.6. The molecule has 0 saturated heterocycles. The SMILES string of the molecule is Cc1cnc(NCC(c2ccccc2)c2ccccc2)c(=O)n1CC(=O)NCc1ccc2nc[nH]c2c1. The van der Waals surface area contributed by atoms with Gasteiger partial charge in [-0.05, 0) is 35.7 Å². The molecule has 0 radical (unpaired) electrons. The van der Waals surface area contributed by atoms with Gasteiger partial charge in [-0.25, -0.2) is 9.97 Å². The lowest BCUT2D eigenvalue weighted by Gasteiger charge is -2.19. The largest absolute Gasteiger partial charge is 0.365 e. The summed E-state index contributed by atoms with van der Waals surface area (Å²) >= 11 is 0. The topological polar surface area (TPSA) is 105 Å². The minimum atomic E-state index is -0.325. The molecule has 2 heterocycles. The number of carbonyl (C=O) groups excluding carboxylic acids is 1. The third-order valence-electron chi connectivity index (χ3n) is 6.41. The van der Waals surface area contributed by atoms with Gasteiger partial charge in [0.1, 0.15) is 6.54 Å². The van der Waals surface area contributed by atoms with Crippen LogP contribution in [0.5, 0.6) is 0 Å². The number of rotatable bonds is 9. The molecule has 3 aromatic carbocycles. The predicted octanol–water partition coefficient (Wildman–Crippen LogP) is 3.99. The molecule has 0 aliphatic carbocycles. The number of aromatic amines is 1. The van der Waals surface area contributed by atoms with Crippen LogP contribution in [0.15, 0.2) is 96.2 Å². The second-order valence-electron chi connectivity index (χ2n) is 8.93. The minimum Gasteiger partial charge on any atom is -0.365 e. The van der Waals surface area contributed by atoms with Gasteiger partial charge in [0.2, 0.25) is 5.91 Å².